The number of carbonyl (C=O) groups excluding carboxylic acids is 1. The second kappa shape index (κ2) is 8.41. The lowest BCUT2D eigenvalue weighted by Gasteiger charge is -2.31. The van der Waals surface area contributed by atoms with Crippen molar-refractivity contribution in [3.63, 3.8) is 0 Å². The predicted molar refractivity (Wildman–Crippen MR) is 84.7 cm³/mol. The molecule has 22 heavy (non-hydrogen) atoms. The number of amides is 1. The Morgan fingerprint density at radius 1 is 1.27 bits per heavy atom. The van der Waals surface area contributed by atoms with Crippen molar-refractivity contribution < 1.29 is 19.4 Å². The molecule has 0 heterocycles. The number of hydrogen-bond acceptors (Lipinski definition) is 3. The van der Waals surface area contributed by atoms with E-state index < -0.39 is 17.5 Å². The topological polar surface area (TPSA) is 75.6 Å². The molecule has 0 aliphatic heterocycles. The van der Waals surface area contributed by atoms with Crippen LogP contribution in [0.1, 0.15) is 32.8 Å². The number of alkyl carbamates (subject to hydrolysis) is 1. The van der Waals surface area contributed by atoms with E-state index in [1.807, 2.05) is 44.2 Å². The van der Waals surface area contributed by atoms with Crippen LogP contribution in [0.15, 0.2) is 30.3 Å². The number of ether oxygens (including phenoxy) is 1. The first kappa shape index (κ1) is 18.0. The lowest BCUT2D eigenvalue weighted by atomic mass is 9.75. The van der Waals surface area contributed by atoms with Crippen LogP contribution in [-0.4, -0.2) is 30.3 Å². The lowest BCUT2D eigenvalue weighted by Crippen LogP contribution is -2.45. The second-order valence-corrected chi connectivity index (χ2v) is 5.92. The largest absolute Gasteiger partial charge is 0.481 e. The minimum Gasteiger partial charge on any atom is -0.481 e. The maximum Gasteiger partial charge on any atom is 0.407 e. The number of rotatable bonds is 8. The van der Waals surface area contributed by atoms with Crippen LogP contribution in [0, 0.1) is 11.3 Å². The summed E-state index contributed by atoms with van der Waals surface area (Å²) in [7, 11) is 0. The zero-order valence-corrected chi connectivity index (χ0v) is 13.5. The van der Waals surface area contributed by atoms with Gasteiger partial charge in [0.05, 0.1) is 12.0 Å². The third-order valence-electron chi connectivity index (χ3n) is 3.48. The van der Waals surface area contributed by atoms with Crippen molar-refractivity contribution in [2.24, 2.45) is 11.3 Å². The number of carbonyl (C=O) groups is 2. The number of carboxylic acid groups (broad SMARTS) is 1. The molecule has 5 heteroatoms. The van der Waals surface area contributed by atoms with Gasteiger partial charge in [-0.05, 0) is 31.2 Å². The molecule has 0 saturated carbocycles. The van der Waals surface area contributed by atoms with E-state index in [1.165, 1.54) is 0 Å². The SMILES string of the molecule is CCOC(=O)NC[C@](Cc1ccccc1)(CC(C)C)C(=O)O. The average molecular weight is 307 g/mol. The molecule has 1 amide bonds. The molecule has 1 rings (SSSR count). The standard InChI is InChI=1S/C17H25NO4/c1-4-22-16(21)18-12-17(15(19)20,10-13(2)3)11-14-8-6-5-7-9-14/h5-9,13H,4,10-12H2,1-3H3,(H,18,21)(H,19,20)/t17-/m1/s1. The highest BCUT2D eigenvalue weighted by Gasteiger charge is 2.39. The summed E-state index contributed by atoms with van der Waals surface area (Å²) in [5.74, 6) is -0.703. The first-order valence-electron chi connectivity index (χ1n) is 7.57. The van der Waals surface area contributed by atoms with Crippen molar-refractivity contribution in [1.82, 2.24) is 5.32 Å². The molecule has 0 aliphatic carbocycles. The van der Waals surface area contributed by atoms with E-state index in [1.54, 1.807) is 6.92 Å². The third-order valence-corrected chi connectivity index (χ3v) is 3.48. The Hall–Kier alpha value is -2.04. The van der Waals surface area contributed by atoms with Crippen molar-refractivity contribution in [3.05, 3.63) is 35.9 Å². The normalized spacial score (nSPS) is 13.5. The molecule has 1 aromatic carbocycles. The van der Waals surface area contributed by atoms with Crippen LogP contribution >= 0.6 is 0 Å². The van der Waals surface area contributed by atoms with E-state index in [9.17, 15) is 14.7 Å². The molecule has 0 aliphatic rings. The third kappa shape index (κ3) is 5.39. The van der Waals surface area contributed by atoms with Gasteiger partial charge in [0.2, 0.25) is 0 Å². The van der Waals surface area contributed by atoms with Crippen molar-refractivity contribution >= 4 is 12.1 Å². The van der Waals surface area contributed by atoms with Crippen LogP contribution in [0.2, 0.25) is 0 Å². The minimum atomic E-state index is -1.04. The zero-order valence-electron chi connectivity index (χ0n) is 13.5. The molecule has 2 N–H and O–H groups in total. The van der Waals surface area contributed by atoms with Gasteiger partial charge in [0, 0.05) is 6.54 Å². The smallest absolute Gasteiger partial charge is 0.407 e. The molecule has 0 unspecified atom stereocenters. The molecular formula is C17H25NO4. The van der Waals surface area contributed by atoms with E-state index in [0.29, 0.717) is 12.8 Å². The van der Waals surface area contributed by atoms with Gasteiger partial charge in [0.25, 0.3) is 0 Å². The number of aliphatic carboxylic acids is 1. The van der Waals surface area contributed by atoms with Crippen molar-refractivity contribution in [2.75, 3.05) is 13.2 Å². The Morgan fingerprint density at radius 2 is 1.91 bits per heavy atom. The van der Waals surface area contributed by atoms with Gasteiger partial charge in [-0.1, -0.05) is 44.2 Å². The van der Waals surface area contributed by atoms with Gasteiger partial charge in [-0.3, -0.25) is 4.79 Å². The molecule has 122 valence electrons. The second-order valence-electron chi connectivity index (χ2n) is 5.92. The maximum absolute atomic E-state index is 11.9. The van der Waals surface area contributed by atoms with Gasteiger partial charge in [-0.15, -0.1) is 0 Å². The van der Waals surface area contributed by atoms with Gasteiger partial charge in [0.1, 0.15) is 0 Å². The summed E-state index contributed by atoms with van der Waals surface area (Å²) >= 11 is 0. The summed E-state index contributed by atoms with van der Waals surface area (Å²) in [5.41, 5.74) is -0.0985. The zero-order chi connectivity index (χ0) is 16.6. The Morgan fingerprint density at radius 3 is 2.41 bits per heavy atom. The van der Waals surface area contributed by atoms with Crippen molar-refractivity contribution in [2.45, 2.75) is 33.6 Å². The lowest BCUT2D eigenvalue weighted by molar-refractivity contribution is -0.149. The fourth-order valence-electron chi connectivity index (χ4n) is 2.64. The quantitative estimate of drug-likeness (QED) is 0.774. The van der Waals surface area contributed by atoms with E-state index >= 15 is 0 Å². The van der Waals surface area contributed by atoms with Gasteiger partial charge < -0.3 is 15.2 Å². The van der Waals surface area contributed by atoms with Gasteiger partial charge >= 0.3 is 12.1 Å². The van der Waals surface area contributed by atoms with E-state index in [-0.39, 0.29) is 19.1 Å². The fraction of sp³-hybridized carbons (Fsp3) is 0.529. The highest BCUT2D eigenvalue weighted by Crippen LogP contribution is 2.31. The van der Waals surface area contributed by atoms with E-state index in [2.05, 4.69) is 5.32 Å². The van der Waals surface area contributed by atoms with Gasteiger partial charge in [-0.25, -0.2) is 4.79 Å². The van der Waals surface area contributed by atoms with E-state index in [4.69, 9.17) is 4.74 Å². The van der Waals surface area contributed by atoms with Gasteiger partial charge in [-0.2, -0.15) is 0 Å². The summed E-state index contributed by atoms with van der Waals surface area (Å²) in [6.45, 7) is 5.98. The molecule has 0 radical (unpaired) electrons. The number of nitrogens with one attached hydrogen (secondary N) is 1. The molecule has 0 saturated heterocycles. The minimum absolute atomic E-state index is 0.0498. The number of hydrogen-bond donors (Lipinski definition) is 2. The van der Waals surface area contributed by atoms with Crippen molar-refractivity contribution in [3.8, 4) is 0 Å². The summed E-state index contributed by atoms with van der Waals surface area (Å²) < 4.78 is 4.83. The number of carboxylic acids is 1. The molecule has 0 bridgehead atoms. The van der Waals surface area contributed by atoms with E-state index in [0.717, 1.165) is 5.56 Å². The molecule has 0 fully saturated rings. The number of benzene rings is 1. The molecular weight excluding hydrogens is 282 g/mol. The summed E-state index contributed by atoms with van der Waals surface area (Å²) in [4.78, 5) is 23.5. The predicted octanol–water partition coefficient (Wildman–Crippen LogP) is 3.09. The average Bonchev–Trinajstić information content (AvgIpc) is 2.45. The Labute approximate surface area is 131 Å². The van der Waals surface area contributed by atoms with Crippen LogP contribution < -0.4 is 5.32 Å². The van der Waals surface area contributed by atoms with Crippen LogP contribution in [0.4, 0.5) is 4.79 Å². The fourth-order valence-corrected chi connectivity index (χ4v) is 2.64. The molecule has 1 atom stereocenters. The Bertz CT molecular complexity index is 487. The monoisotopic (exact) mass is 307 g/mol. The van der Waals surface area contributed by atoms with Crippen LogP contribution in [-0.2, 0) is 16.0 Å². The van der Waals surface area contributed by atoms with Crippen LogP contribution in [0.5, 0.6) is 0 Å². The summed E-state index contributed by atoms with van der Waals surface area (Å²) in [6, 6.07) is 9.47. The highest BCUT2D eigenvalue weighted by molar-refractivity contribution is 5.77. The van der Waals surface area contributed by atoms with Crippen LogP contribution in [0.25, 0.3) is 0 Å². The first-order valence-corrected chi connectivity index (χ1v) is 7.57. The Balaban J connectivity index is 2.95. The van der Waals surface area contributed by atoms with Crippen LogP contribution in [0.3, 0.4) is 0 Å². The highest BCUT2D eigenvalue weighted by atomic mass is 16.5. The molecule has 5 nitrogen and oxygen atoms in total. The maximum atomic E-state index is 11.9. The summed E-state index contributed by atoms with van der Waals surface area (Å²) in [5, 5.41) is 12.4. The summed E-state index contributed by atoms with van der Waals surface area (Å²) in [6.07, 6.45) is 0.266. The molecule has 1 aromatic rings. The molecule has 0 aromatic heterocycles. The molecule has 0 spiro atoms. The Kier molecular flexibility index (Phi) is 6.89. The van der Waals surface area contributed by atoms with Crippen molar-refractivity contribution in [1.29, 1.82) is 0 Å². The first-order chi connectivity index (χ1) is 10.4. The van der Waals surface area contributed by atoms with Gasteiger partial charge in [0.15, 0.2) is 0 Å².